The van der Waals surface area contributed by atoms with E-state index in [9.17, 15) is 0 Å². The SMILES string of the molecule is c1cnc2cc3sc4c(-c5ccc6c7ccccc7c7ccccc7c6c5)cccc4c3cc2c1. The lowest BCUT2D eigenvalue weighted by Gasteiger charge is -2.12. The van der Waals surface area contributed by atoms with Crippen LogP contribution in [0.15, 0.2) is 115 Å². The molecule has 8 aromatic rings. The van der Waals surface area contributed by atoms with E-state index in [0.29, 0.717) is 0 Å². The van der Waals surface area contributed by atoms with Crippen molar-refractivity contribution in [3.63, 3.8) is 0 Å². The predicted molar refractivity (Wildman–Crippen MR) is 153 cm³/mol. The van der Waals surface area contributed by atoms with E-state index in [1.54, 1.807) is 0 Å². The van der Waals surface area contributed by atoms with Gasteiger partial charge in [0.2, 0.25) is 0 Å². The van der Waals surface area contributed by atoms with Crippen LogP contribution in [0.4, 0.5) is 0 Å². The fourth-order valence-corrected chi connectivity index (χ4v) is 6.92. The molecule has 0 saturated carbocycles. The van der Waals surface area contributed by atoms with Gasteiger partial charge in [-0.3, -0.25) is 4.98 Å². The Bertz CT molecular complexity index is 2080. The molecule has 2 aromatic heterocycles. The van der Waals surface area contributed by atoms with Gasteiger partial charge in [0.1, 0.15) is 0 Å². The van der Waals surface area contributed by atoms with Crippen LogP contribution in [0.3, 0.4) is 0 Å². The molecule has 8 rings (SSSR count). The molecule has 0 aliphatic carbocycles. The second-order valence-corrected chi connectivity index (χ2v) is 10.2. The van der Waals surface area contributed by atoms with Crippen LogP contribution in [-0.4, -0.2) is 4.98 Å². The second-order valence-electron chi connectivity index (χ2n) is 9.18. The number of aromatic nitrogens is 1. The van der Waals surface area contributed by atoms with Gasteiger partial charge in [0.15, 0.2) is 0 Å². The number of rotatable bonds is 1. The van der Waals surface area contributed by atoms with E-state index in [1.807, 2.05) is 23.6 Å². The Morgan fingerprint density at radius 3 is 1.94 bits per heavy atom. The van der Waals surface area contributed by atoms with E-state index >= 15 is 0 Å². The normalized spacial score (nSPS) is 12.0. The number of nitrogens with zero attached hydrogens (tertiary/aromatic N) is 1. The van der Waals surface area contributed by atoms with Crippen molar-refractivity contribution in [2.45, 2.75) is 0 Å². The maximum atomic E-state index is 4.58. The van der Waals surface area contributed by atoms with Crippen molar-refractivity contribution in [2.24, 2.45) is 0 Å². The monoisotopic (exact) mass is 461 g/mol. The van der Waals surface area contributed by atoms with Gasteiger partial charge in [-0.25, -0.2) is 0 Å². The van der Waals surface area contributed by atoms with E-state index in [2.05, 4.69) is 108 Å². The molecule has 0 amide bonds. The predicted octanol–water partition coefficient (Wildman–Crippen LogP) is 9.73. The zero-order valence-electron chi connectivity index (χ0n) is 18.8. The van der Waals surface area contributed by atoms with Crippen LogP contribution in [-0.2, 0) is 0 Å². The average molecular weight is 462 g/mol. The largest absolute Gasteiger partial charge is 0.256 e. The lowest BCUT2D eigenvalue weighted by Crippen LogP contribution is -1.85. The van der Waals surface area contributed by atoms with Gasteiger partial charge in [-0.2, -0.15) is 0 Å². The molecule has 0 aliphatic rings. The molecule has 2 heteroatoms. The third kappa shape index (κ3) is 2.72. The molecule has 0 aliphatic heterocycles. The maximum absolute atomic E-state index is 4.58. The Kier molecular flexibility index (Phi) is 3.88. The molecular formula is C33H19NS. The summed E-state index contributed by atoms with van der Waals surface area (Å²) in [7, 11) is 0. The van der Waals surface area contributed by atoms with Gasteiger partial charge < -0.3 is 0 Å². The highest BCUT2D eigenvalue weighted by molar-refractivity contribution is 7.26. The molecule has 35 heavy (non-hydrogen) atoms. The van der Waals surface area contributed by atoms with Crippen molar-refractivity contribution in [2.75, 3.05) is 0 Å². The van der Waals surface area contributed by atoms with Gasteiger partial charge in [0.25, 0.3) is 0 Å². The van der Waals surface area contributed by atoms with E-state index in [4.69, 9.17) is 0 Å². The smallest absolute Gasteiger partial charge is 0.0716 e. The van der Waals surface area contributed by atoms with Crippen molar-refractivity contribution in [1.82, 2.24) is 4.98 Å². The summed E-state index contributed by atoms with van der Waals surface area (Å²) < 4.78 is 2.62. The number of hydrogen-bond donors (Lipinski definition) is 0. The number of thiophene rings is 1. The summed E-state index contributed by atoms with van der Waals surface area (Å²) in [6.07, 6.45) is 1.87. The molecule has 2 heterocycles. The molecular weight excluding hydrogens is 442 g/mol. The third-order valence-corrected chi connectivity index (χ3v) is 8.48. The maximum Gasteiger partial charge on any atom is 0.0716 e. The van der Waals surface area contributed by atoms with Crippen LogP contribution < -0.4 is 0 Å². The molecule has 1 nitrogen and oxygen atoms in total. The Labute approximate surface area is 205 Å². The minimum atomic E-state index is 1.05. The minimum absolute atomic E-state index is 1.05. The molecule has 0 spiro atoms. The Morgan fingerprint density at radius 2 is 1.17 bits per heavy atom. The highest BCUT2D eigenvalue weighted by Crippen LogP contribution is 2.43. The number of hydrogen-bond acceptors (Lipinski definition) is 2. The first-order valence-electron chi connectivity index (χ1n) is 11.9. The van der Waals surface area contributed by atoms with Crippen LogP contribution in [0, 0.1) is 0 Å². The number of benzene rings is 6. The summed E-state index contributed by atoms with van der Waals surface area (Å²) >= 11 is 1.87. The van der Waals surface area contributed by atoms with E-state index in [0.717, 1.165) is 5.52 Å². The lowest BCUT2D eigenvalue weighted by molar-refractivity contribution is 1.42. The Balaban J connectivity index is 1.45. The van der Waals surface area contributed by atoms with Crippen LogP contribution in [0.2, 0.25) is 0 Å². The van der Waals surface area contributed by atoms with Crippen LogP contribution in [0.1, 0.15) is 0 Å². The van der Waals surface area contributed by atoms with Gasteiger partial charge in [0.05, 0.1) is 5.52 Å². The van der Waals surface area contributed by atoms with Crippen molar-refractivity contribution in [3.05, 3.63) is 115 Å². The van der Waals surface area contributed by atoms with Crippen molar-refractivity contribution in [3.8, 4) is 11.1 Å². The first-order valence-corrected chi connectivity index (χ1v) is 12.7. The molecule has 6 aromatic carbocycles. The van der Waals surface area contributed by atoms with Gasteiger partial charge in [-0.15, -0.1) is 11.3 Å². The quantitative estimate of drug-likeness (QED) is 0.222. The zero-order valence-corrected chi connectivity index (χ0v) is 19.6. The van der Waals surface area contributed by atoms with Crippen LogP contribution >= 0.6 is 11.3 Å². The summed E-state index contributed by atoms with van der Waals surface area (Å²) in [4.78, 5) is 4.58. The molecule has 0 atom stereocenters. The van der Waals surface area contributed by atoms with Crippen molar-refractivity contribution < 1.29 is 0 Å². The summed E-state index contributed by atoms with van der Waals surface area (Å²) in [5.41, 5.74) is 3.61. The molecule has 162 valence electrons. The zero-order chi connectivity index (χ0) is 22.9. The summed E-state index contributed by atoms with van der Waals surface area (Å²) in [6.45, 7) is 0. The summed E-state index contributed by atoms with van der Waals surface area (Å²) in [5, 5.41) is 11.7. The highest BCUT2D eigenvalue weighted by Gasteiger charge is 2.14. The van der Waals surface area contributed by atoms with E-state index in [-0.39, 0.29) is 0 Å². The molecule has 0 radical (unpaired) electrons. The number of fused-ring (bicyclic) bond motifs is 10. The molecule has 0 unspecified atom stereocenters. The standard InChI is InChI=1S/C33H19NS/c1-2-10-25-23(8-1)24-9-3-4-11-26(24)29-17-20(14-15-27(25)29)22-12-5-13-28-30-18-21-7-6-16-34-31(21)19-32(30)35-33(22)28/h1-19H. The fraction of sp³-hybridized carbons (Fsp3) is 0. The summed E-state index contributed by atoms with van der Waals surface area (Å²) in [5.74, 6) is 0. The Morgan fingerprint density at radius 1 is 0.486 bits per heavy atom. The summed E-state index contributed by atoms with van der Waals surface area (Å²) in [6, 6.07) is 39.9. The first kappa shape index (κ1) is 19.1. The second kappa shape index (κ2) is 7.11. The van der Waals surface area contributed by atoms with E-state index < -0.39 is 0 Å². The van der Waals surface area contributed by atoms with Gasteiger partial charge in [-0.1, -0.05) is 84.9 Å². The van der Waals surface area contributed by atoms with Crippen LogP contribution in [0.25, 0.3) is 74.5 Å². The third-order valence-electron chi connectivity index (χ3n) is 7.28. The fourth-order valence-electron chi connectivity index (χ4n) is 5.67. The molecule has 0 saturated heterocycles. The average Bonchev–Trinajstić information content (AvgIpc) is 3.29. The number of pyridine rings is 1. The minimum Gasteiger partial charge on any atom is -0.256 e. The van der Waals surface area contributed by atoms with Gasteiger partial charge >= 0.3 is 0 Å². The molecule has 0 bridgehead atoms. The lowest BCUT2D eigenvalue weighted by atomic mass is 9.92. The van der Waals surface area contributed by atoms with Gasteiger partial charge in [0, 0.05) is 31.8 Å². The Hall–Kier alpha value is -4.27. The first-order chi connectivity index (χ1) is 17.3. The molecule has 0 N–H and O–H groups in total. The van der Waals surface area contributed by atoms with Crippen molar-refractivity contribution in [1.29, 1.82) is 0 Å². The van der Waals surface area contributed by atoms with Crippen LogP contribution in [0.5, 0.6) is 0 Å². The van der Waals surface area contributed by atoms with Crippen molar-refractivity contribution >= 4 is 74.7 Å². The molecule has 0 fully saturated rings. The van der Waals surface area contributed by atoms with Gasteiger partial charge in [-0.05, 0) is 67.7 Å². The highest BCUT2D eigenvalue weighted by atomic mass is 32.1. The van der Waals surface area contributed by atoms with E-state index in [1.165, 1.54) is 69.0 Å². The topological polar surface area (TPSA) is 12.9 Å².